The SMILES string of the molecule is OCC(O)C1CCOC1O. The Morgan fingerprint density at radius 1 is 1.60 bits per heavy atom. The van der Waals surface area contributed by atoms with E-state index in [0.29, 0.717) is 13.0 Å². The first-order valence-electron chi connectivity index (χ1n) is 3.34. The summed E-state index contributed by atoms with van der Waals surface area (Å²) in [5.74, 6) is -0.315. The Bertz CT molecular complexity index is 106. The van der Waals surface area contributed by atoms with Gasteiger partial charge in [-0.2, -0.15) is 0 Å². The van der Waals surface area contributed by atoms with E-state index in [1.165, 1.54) is 0 Å². The van der Waals surface area contributed by atoms with Crippen molar-refractivity contribution in [3.8, 4) is 0 Å². The van der Waals surface area contributed by atoms with Crippen molar-refractivity contribution in [3.05, 3.63) is 0 Å². The molecule has 0 bridgehead atoms. The molecule has 4 heteroatoms. The fourth-order valence-electron chi connectivity index (χ4n) is 1.11. The third-order valence-electron chi connectivity index (χ3n) is 1.79. The molecule has 3 N–H and O–H groups in total. The molecule has 3 unspecified atom stereocenters. The molecular formula is C6H12O4. The number of ether oxygens (including phenoxy) is 1. The quantitative estimate of drug-likeness (QED) is 0.455. The largest absolute Gasteiger partial charge is 0.394 e. The molecule has 1 aliphatic rings. The van der Waals surface area contributed by atoms with E-state index in [1.54, 1.807) is 0 Å². The van der Waals surface area contributed by atoms with Gasteiger partial charge in [0.15, 0.2) is 6.29 Å². The number of rotatable bonds is 2. The van der Waals surface area contributed by atoms with Crippen LogP contribution in [0.1, 0.15) is 6.42 Å². The second kappa shape index (κ2) is 3.30. The topological polar surface area (TPSA) is 69.9 Å². The summed E-state index contributed by atoms with van der Waals surface area (Å²) in [6, 6.07) is 0. The molecule has 4 nitrogen and oxygen atoms in total. The highest BCUT2D eigenvalue weighted by atomic mass is 16.6. The van der Waals surface area contributed by atoms with E-state index in [4.69, 9.17) is 20.1 Å². The Kier molecular flexibility index (Phi) is 2.62. The van der Waals surface area contributed by atoms with Gasteiger partial charge in [-0.25, -0.2) is 0 Å². The normalized spacial score (nSPS) is 36.3. The number of aliphatic hydroxyl groups is 3. The van der Waals surface area contributed by atoms with Gasteiger partial charge in [0.05, 0.1) is 19.3 Å². The molecule has 0 aliphatic carbocycles. The zero-order valence-corrected chi connectivity index (χ0v) is 5.60. The highest BCUT2D eigenvalue weighted by Gasteiger charge is 2.31. The second-order valence-electron chi connectivity index (χ2n) is 2.46. The van der Waals surface area contributed by atoms with Gasteiger partial charge < -0.3 is 20.1 Å². The van der Waals surface area contributed by atoms with E-state index in [2.05, 4.69) is 0 Å². The van der Waals surface area contributed by atoms with Gasteiger partial charge in [0.2, 0.25) is 0 Å². The van der Waals surface area contributed by atoms with Gasteiger partial charge in [-0.3, -0.25) is 0 Å². The van der Waals surface area contributed by atoms with Crippen molar-refractivity contribution in [2.24, 2.45) is 5.92 Å². The van der Waals surface area contributed by atoms with Crippen LogP contribution >= 0.6 is 0 Å². The molecule has 60 valence electrons. The van der Waals surface area contributed by atoms with Crippen LogP contribution in [-0.2, 0) is 4.74 Å². The predicted molar refractivity (Wildman–Crippen MR) is 33.2 cm³/mol. The highest BCUT2D eigenvalue weighted by Crippen LogP contribution is 2.21. The zero-order valence-electron chi connectivity index (χ0n) is 5.60. The summed E-state index contributed by atoms with van der Waals surface area (Å²) in [5.41, 5.74) is 0. The molecule has 0 saturated carbocycles. The molecule has 1 aliphatic heterocycles. The van der Waals surface area contributed by atoms with Crippen LogP contribution in [0.5, 0.6) is 0 Å². The fourth-order valence-corrected chi connectivity index (χ4v) is 1.11. The molecule has 3 atom stereocenters. The van der Waals surface area contributed by atoms with Crippen LogP contribution in [0.2, 0.25) is 0 Å². The summed E-state index contributed by atoms with van der Waals surface area (Å²) in [6.07, 6.45) is -1.14. The summed E-state index contributed by atoms with van der Waals surface area (Å²) < 4.78 is 4.77. The van der Waals surface area contributed by atoms with Crippen molar-refractivity contribution >= 4 is 0 Å². The van der Waals surface area contributed by atoms with Crippen LogP contribution in [0.25, 0.3) is 0 Å². The van der Waals surface area contributed by atoms with E-state index in [9.17, 15) is 0 Å². The lowest BCUT2D eigenvalue weighted by molar-refractivity contribution is -0.112. The fraction of sp³-hybridized carbons (Fsp3) is 1.00. The molecule has 0 spiro atoms. The number of hydrogen-bond donors (Lipinski definition) is 3. The third-order valence-corrected chi connectivity index (χ3v) is 1.79. The van der Waals surface area contributed by atoms with Crippen LogP contribution in [0.15, 0.2) is 0 Å². The monoisotopic (exact) mass is 148 g/mol. The van der Waals surface area contributed by atoms with Gasteiger partial charge in [-0.05, 0) is 6.42 Å². The average molecular weight is 148 g/mol. The molecule has 1 rings (SSSR count). The highest BCUT2D eigenvalue weighted by molar-refractivity contribution is 4.74. The maximum atomic E-state index is 9.04. The molecule has 1 saturated heterocycles. The standard InChI is InChI=1S/C6H12O4/c7-3-5(8)4-1-2-10-6(4)9/h4-9H,1-3H2. The van der Waals surface area contributed by atoms with Crippen LogP contribution < -0.4 is 0 Å². The molecule has 1 heterocycles. The summed E-state index contributed by atoms with van der Waals surface area (Å²) in [6.45, 7) is 0.147. The third kappa shape index (κ3) is 1.46. The van der Waals surface area contributed by atoms with Crippen molar-refractivity contribution in [3.63, 3.8) is 0 Å². The average Bonchev–Trinajstić information content (AvgIpc) is 2.34. The minimum atomic E-state index is -0.901. The Hall–Kier alpha value is -0.160. The summed E-state index contributed by atoms with van der Waals surface area (Å²) in [5, 5.41) is 26.5. The molecule has 1 fully saturated rings. The van der Waals surface area contributed by atoms with Crippen LogP contribution in [-0.4, -0.2) is 40.9 Å². The first-order chi connectivity index (χ1) is 4.75. The van der Waals surface area contributed by atoms with Crippen molar-refractivity contribution in [1.82, 2.24) is 0 Å². The lowest BCUT2D eigenvalue weighted by Crippen LogP contribution is -2.30. The van der Waals surface area contributed by atoms with Crippen molar-refractivity contribution < 1.29 is 20.1 Å². The van der Waals surface area contributed by atoms with E-state index < -0.39 is 12.4 Å². The van der Waals surface area contributed by atoms with E-state index in [0.717, 1.165) is 0 Å². The molecule has 0 aromatic carbocycles. The molecular weight excluding hydrogens is 136 g/mol. The van der Waals surface area contributed by atoms with E-state index >= 15 is 0 Å². The number of hydrogen-bond acceptors (Lipinski definition) is 4. The maximum absolute atomic E-state index is 9.04. The lowest BCUT2D eigenvalue weighted by Gasteiger charge is -2.16. The molecule has 0 aromatic heterocycles. The van der Waals surface area contributed by atoms with Gasteiger partial charge >= 0.3 is 0 Å². The predicted octanol–water partition coefficient (Wildman–Crippen LogP) is -1.31. The minimum Gasteiger partial charge on any atom is -0.394 e. The van der Waals surface area contributed by atoms with Crippen LogP contribution in [0.3, 0.4) is 0 Å². The van der Waals surface area contributed by atoms with Gasteiger partial charge in [0, 0.05) is 5.92 Å². The Labute approximate surface area is 59.1 Å². The Balaban J connectivity index is 2.38. The minimum absolute atomic E-state index is 0.314. The van der Waals surface area contributed by atoms with Crippen LogP contribution in [0.4, 0.5) is 0 Å². The van der Waals surface area contributed by atoms with Crippen molar-refractivity contribution in [2.75, 3.05) is 13.2 Å². The zero-order chi connectivity index (χ0) is 7.56. The van der Waals surface area contributed by atoms with Crippen molar-refractivity contribution in [1.29, 1.82) is 0 Å². The first-order valence-corrected chi connectivity index (χ1v) is 3.34. The summed E-state index contributed by atoms with van der Waals surface area (Å²) in [7, 11) is 0. The van der Waals surface area contributed by atoms with Gasteiger partial charge in [0.25, 0.3) is 0 Å². The first kappa shape index (κ1) is 7.94. The van der Waals surface area contributed by atoms with Crippen molar-refractivity contribution in [2.45, 2.75) is 18.8 Å². The summed E-state index contributed by atoms with van der Waals surface area (Å²) >= 11 is 0. The number of aliphatic hydroxyl groups excluding tert-OH is 3. The second-order valence-corrected chi connectivity index (χ2v) is 2.46. The van der Waals surface area contributed by atoms with Crippen LogP contribution in [0, 0.1) is 5.92 Å². The Morgan fingerprint density at radius 2 is 2.30 bits per heavy atom. The summed E-state index contributed by atoms with van der Waals surface area (Å²) in [4.78, 5) is 0. The van der Waals surface area contributed by atoms with E-state index in [1.807, 2.05) is 0 Å². The van der Waals surface area contributed by atoms with Gasteiger partial charge in [0.1, 0.15) is 0 Å². The smallest absolute Gasteiger partial charge is 0.159 e. The van der Waals surface area contributed by atoms with Gasteiger partial charge in [-0.1, -0.05) is 0 Å². The lowest BCUT2D eigenvalue weighted by atomic mass is 10.0. The van der Waals surface area contributed by atoms with Gasteiger partial charge in [-0.15, -0.1) is 0 Å². The molecule has 10 heavy (non-hydrogen) atoms. The maximum Gasteiger partial charge on any atom is 0.159 e. The molecule has 0 radical (unpaired) electrons. The van der Waals surface area contributed by atoms with E-state index in [-0.39, 0.29) is 12.5 Å². The Morgan fingerprint density at radius 3 is 2.70 bits per heavy atom. The molecule has 0 aromatic rings. The molecule has 0 amide bonds.